The Balaban J connectivity index is 1.94. The van der Waals surface area contributed by atoms with Crippen molar-refractivity contribution < 1.29 is 9.53 Å². The van der Waals surface area contributed by atoms with E-state index in [-0.39, 0.29) is 6.09 Å². The summed E-state index contributed by atoms with van der Waals surface area (Å²) >= 11 is 3.35. The van der Waals surface area contributed by atoms with Crippen molar-refractivity contribution in [3.05, 3.63) is 16.5 Å². The van der Waals surface area contributed by atoms with Crippen molar-refractivity contribution in [3.8, 4) is 0 Å². The van der Waals surface area contributed by atoms with E-state index in [0.717, 1.165) is 29.2 Å². The highest BCUT2D eigenvalue weighted by Crippen LogP contribution is 2.18. The highest BCUT2D eigenvalue weighted by Gasteiger charge is 2.26. The van der Waals surface area contributed by atoms with E-state index in [1.54, 1.807) is 11.1 Å². The van der Waals surface area contributed by atoms with Crippen LogP contribution >= 0.6 is 15.9 Å². The summed E-state index contributed by atoms with van der Waals surface area (Å²) in [5.74, 6) is 0.847. The Morgan fingerprint density at radius 2 is 1.90 bits per heavy atom. The molecule has 0 bridgehead atoms. The zero-order valence-corrected chi connectivity index (χ0v) is 14.5. The summed E-state index contributed by atoms with van der Waals surface area (Å²) in [6.07, 6.45) is 1.50. The lowest BCUT2D eigenvalue weighted by atomic mass is 10.2. The first-order valence-electron chi connectivity index (χ1n) is 6.98. The summed E-state index contributed by atoms with van der Waals surface area (Å²) in [6, 6.07) is 0. The molecule has 21 heavy (non-hydrogen) atoms. The molecule has 1 saturated heterocycles. The van der Waals surface area contributed by atoms with Crippen molar-refractivity contribution in [2.24, 2.45) is 0 Å². The second-order valence-corrected chi connectivity index (χ2v) is 6.81. The monoisotopic (exact) mass is 356 g/mol. The van der Waals surface area contributed by atoms with E-state index < -0.39 is 5.60 Å². The molecule has 6 nitrogen and oxygen atoms in total. The summed E-state index contributed by atoms with van der Waals surface area (Å²) < 4.78 is 6.15. The number of carbonyl (C=O) groups is 1. The number of piperazine rings is 1. The maximum atomic E-state index is 12.0. The molecule has 7 heteroatoms. The third-order valence-corrected chi connectivity index (χ3v) is 3.91. The first kappa shape index (κ1) is 16.0. The Hall–Kier alpha value is -1.37. The van der Waals surface area contributed by atoms with Crippen molar-refractivity contribution >= 4 is 27.8 Å². The number of aryl methyl sites for hydroxylation is 1. The Morgan fingerprint density at radius 1 is 1.29 bits per heavy atom. The average molecular weight is 357 g/mol. The molecule has 0 radical (unpaired) electrons. The van der Waals surface area contributed by atoms with Crippen LogP contribution in [0.1, 0.15) is 26.5 Å². The van der Waals surface area contributed by atoms with E-state index >= 15 is 0 Å². The van der Waals surface area contributed by atoms with Gasteiger partial charge in [-0.3, -0.25) is 0 Å². The van der Waals surface area contributed by atoms with Gasteiger partial charge in [0.15, 0.2) is 0 Å². The van der Waals surface area contributed by atoms with Gasteiger partial charge in [0.25, 0.3) is 0 Å². The van der Waals surface area contributed by atoms with Gasteiger partial charge in [-0.25, -0.2) is 14.8 Å². The number of anilines is 1. The van der Waals surface area contributed by atoms with Crippen molar-refractivity contribution in [1.29, 1.82) is 0 Å². The Labute approximate surface area is 133 Å². The minimum Gasteiger partial charge on any atom is -0.444 e. The molecule has 0 saturated carbocycles. The van der Waals surface area contributed by atoms with Gasteiger partial charge in [-0.2, -0.15) is 0 Å². The van der Waals surface area contributed by atoms with Crippen LogP contribution in [0.2, 0.25) is 0 Å². The normalized spacial score (nSPS) is 16.0. The van der Waals surface area contributed by atoms with E-state index in [1.165, 1.54) is 0 Å². The third-order valence-electron chi connectivity index (χ3n) is 3.13. The molecular weight excluding hydrogens is 336 g/mol. The fourth-order valence-electron chi connectivity index (χ4n) is 2.05. The highest BCUT2D eigenvalue weighted by molar-refractivity contribution is 9.10. The van der Waals surface area contributed by atoms with E-state index in [1.807, 2.05) is 27.7 Å². The molecule has 1 aliphatic heterocycles. The fourth-order valence-corrected chi connectivity index (χ4v) is 2.24. The predicted molar refractivity (Wildman–Crippen MR) is 84.5 cm³/mol. The van der Waals surface area contributed by atoms with Crippen LogP contribution in [0, 0.1) is 6.92 Å². The first-order chi connectivity index (χ1) is 9.76. The summed E-state index contributed by atoms with van der Waals surface area (Å²) in [5, 5.41) is 0. The van der Waals surface area contributed by atoms with Crippen molar-refractivity contribution in [2.45, 2.75) is 33.3 Å². The zero-order valence-electron chi connectivity index (χ0n) is 12.9. The number of hydrogen-bond acceptors (Lipinski definition) is 5. The Bertz CT molecular complexity index is 522. The fraction of sp³-hybridized carbons (Fsp3) is 0.643. The van der Waals surface area contributed by atoms with Gasteiger partial charge in [-0.15, -0.1) is 0 Å². The predicted octanol–water partition coefficient (Wildman–Crippen LogP) is 2.60. The lowest BCUT2D eigenvalue weighted by molar-refractivity contribution is 0.0240. The second-order valence-electron chi connectivity index (χ2n) is 6.06. The van der Waals surface area contributed by atoms with Crippen molar-refractivity contribution in [3.63, 3.8) is 0 Å². The molecule has 0 atom stereocenters. The number of halogens is 1. The van der Waals surface area contributed by atoms with Gasteiger partial charge >= 0.3 is 6.09 Å². The van der Waals surface area contributed by atoms with Crippen LogP contribution in [0.4, 0.5) is 10.6 Å². The standard InChI is InChI=1S/C14H21BrN4O2/c1-10-12(15)16-9-11(17-10)18-5-7-19(8-6-18)13(20)21-14(2,3)4/h9H,5-8H2,1-4H3. The van der Waals surface area contributed by atoms with Crippen LogP contribution in [0.15, 0.2) is 10.8 Å². The van der Waals surface area contributed by atoms with Gasteiger partial charge in [0, 0.05) is 26.2 Å². The number of nitrogens with zero attached hydrogens (tertiary/aromatic N) is 4. The van der Waals surface area contributed by atoms with Crippen LogP contribution in [-0.4, -0.2) is 52.7 Å². The maximum absolute atomic E-state index is 12.0. The molecule has 116 valence electrons. The van der Waals surface area contributed by atoms with Crippen LogP contribution in [0.3, 0.4) is 0 Å². The SMILES string of the molecule is Cc1nc(N2CCN(C(=O)OC(C)(C)C)CC2)cnc1Br. The quantitative estimate of drug-likeness (QED) is 0.773. The van der Waals surface area contributed by atoms with Gasteiger partial charge in [0.2, 0.25) is 0 Å². The molecule has 2 heterocycles. The van der Waals surface area contributed by atoms with Gasteiger partial charge in [0.05, 0.1) is 11.9 Å². The third kappa shape index (κ3) is 4.30. The average Bonchev–Trinajstić information content (AvgIpc) is 2.40. The Kier molecular flexibility index (Phi) is 4.70. The van der Waals surface area contributed by atoms with Crippen LogP contribution in [-0.2, 0) is 4.74 Å². The molecule has 0 N–H and O–H groups in total. The summed E-state index contributed by atoms with van der Waals surface area (Å²) in [7, 11) is 0. The van der Waals surface area contributed by atoms with Crippen LogP contribution in [0.25, 0.3) is 0 Å². The number of aromatic nitrogens is 2. The zero-order chi connectivity index (χ0) is 15.6. The summed E-state index contributed by atoms with van der Waals surface area (Å²) in [5.41, 5.74) is 0.407. The van der Waals surface area contributed by atoms with Gasteiger partial charge in [0.1, 0.15) is 16.0 Å². The largest absolute Gasteiger partial charge is 0.444 e. The van der Waals surface area contributed by atoms with Gasteiger partial charge in [-0.1, -0.05) is 0 Å². The van der Waals surface area contributed by atoms with Crippen molar-refractivity contribution in [2.75, 3.05) is 31.1 Å². The maximum Gasteiger partial charge on any atom is 0.410 e. The smallest absolute Gasteiger partial charge is 0.410 e. The van der Waals surface area contributed by atoms with E-state index in [4.69, 9.17) is 4.74 Å². The summed E-state index contributed by atoms with van der Waals surface area (Å²) in [6.45, 7) is 10.3. The molecule has 0 spiro atoms. The molecule has 2 rings (SSSR count). The molecule has 0 aromatic carbocycles. The number of ether oxygens (including phenoxy) is 1. The topological polar surface area (TPSA) is 58.6 Å². The number of hydrogen-bond donors (Lipinski definition) is 0. The summed E-state index contributed by atoms with van der Waals surface area (Å²) in [4.78, 5) is 24.6. The number of amides is 1. The number of carbonyl (C=O) groups excluding carboxylic acids is 1. The van der Waals surface area contributed by atoms with Gasteiger partial charge in [-0.05, 0) is 43.6 Å². The van der Waals surface area contributed by atoms with Crippen molar-refractivity contribution in [1.82, 2.24) is 14.9 Å². The van der Waals surface area contributed by atoms with Gasteiger partial charge < -0.3 is 14.5 Å². The molecule has 1 amide bonds. The molecule has 1 fully saturated rings. The lowest BCUT2D eigenvalue weighted by Gasteiger charge is -2.36. The van der Waals surface area contributed by atoms with E-state index in [0.29, 0.717) is 13.1 Å². The first-order valence-corrected chi connectivity index (χ1v) is 7.77. The molecule has 0 unspecified atom stereocenters. The lowest BCUT2D eigenvalue weighted by Crippen LogP contribution is -2.50. The Morgan fingerprint density at radius 3 is 2.43 bits per heavy atom. The van der Waals surface area contributed by atoms with E-state index in [9.17, 15) is 4.79 Å². The second kappa shape index (κ2) is 6.17. The molecular formula is C14H21BrN4O2. The molecule has 1 aromatic rings. The molecule has 1 aromatic heterocycles. The van der Waals surface area contributed by atoms with Crippen LogP contribution < -0.4 is 4.90 Å². The minimum absolute atomic E-state index is 0.250. The molecule has 0 aliphatic carbocycles. The molecule has 1 aliphatic rings. The van der Waals surface area contributed by atoms with E-state index in [2.05, 4.69) is 30.8 Å². The van der Waals surface area contributed by atoms with Crippen LogP contribution in [0.5, 0.6) is 0 Å². The highest BCUT2D eigenvalue weighted by atomic mass is 79.9. The minimum atomic E-state index is -0.456. The number of rotatable bonds is 1.